The van der Waals surface area contributed by atoms with Crippen molar-refractivity contribution >= 4 is 13.8 Å². The summed E-state index contributed by atoms with van der Waals surface area (Å²) in [6, 6.07) is 0. The van der Waals surface area contributed by atoms with Gasteiger partial charge in [0.2, 0.25) is 0 Å². The van der Waals surface area contributed by atoms with Crippen LogP contribution in [-0.2, 0) is 27.9 Å². The number of ether oxygens (including phenoxy) is 2. The molecule has 0 aromatic carbocycles. The molecule has 8 nitrogen and oxygen atoms in total. The molecule has 0 aliphatic heterocycles. The smallest absolute Gasteiger partial charge is 0.457 e. The van der Waals surface area contributed by atoms with Crippen molar-refractivity contribution in [1.29, 1.82) is 0 Å². The third kappa shape index (κ3) is 24.9. The Morgan fingerprint density at radius 3 is 2.11 bits per heavy atom. The lowest BCUT2D eigenvalue weighted by Crippen LogP contribution is -2.28. The number of rotatable bonds is 27. The maximum absolute atomic E-state index is 12.2. The Kier molecular flexibility index (Phi) is 25.3. The highest BCUT2D eigenvalue weighted by molar-refractivity contribution is 7.47. The van der Waals surface area contributed by atoms with Gasteiger partial charge in [-0.3, -0.25) is 13.8 Å². The number of nitrogens with two attached hydrogens (primary N) is 1. The first-order valence-electron chi connectivity index (χ1n) is 14.2. The molecule has 0 aliphatic rings. The number of hydrogen-bond donors (Lipinski definition) is 2. The van der Waals surface area contributed by atoms with Crippen LogP contribution in [0.4, 0.5) is 0 Å². The minimum absolute atomic E-state index is 0.0951. The standard InChI is InChI=1S/C27H54NO7P/c1-3-5-7-9-10-11-12-13-14-15-17-19-22-32-24-26(25-34-36(30,31)33-23-21-28)35-27(29)20-18-16-8-6-4-2/h9-10,26H,3-8,11-25,28H2,1-2H3,(H,30,31)/b10-9-. The van der Waals surface area contributed by atoms with Crippen LogP contribution < -0.4 is 5.73 Å². The van der Waals surface area contributed by atoms with E-state index in [1.807, 2.05) is 0 Å². The number of carbonyl (C=O) groups is 1. The zero-order valence-electron chi connectivity index (χ0n) is 23.0. The van der Waals surface area contributed by atoms with Crippen LogP contribution in [-0.4, -0.2) is 49.9 Å². The first-order chi connectivity index (χ1) is 17.4. The van der Waals surface area contributed by atoms with Crippen LogP contribution >= 0.6 is 7.82 Å². The lowest BCUT2D eigenvalue weighted by molar-refractivity contribution is -0.154. The largest absolute Gasteiger partial charge is 0.472 e. The molecule has 0 rings (SSSR count). The fourth-order valence-electron chi connectivity index (χ4n) is 3.56. The van der Waals surface area contributed by atoms with E-state index in [1.165, 1.54) is 51.4 Å². The van der Waals surface area contributed by atoms with Gasteiger partial charge in [-0.1, -0.05) is 90.2 Å². The summed E-state index contributed by atoms with van der Waals surface area (Å²) in [5.41, 5.74) is 5.30. The average molecular weight is 536 g/mol. The van der Waals surface area contributed by atoms with Gasteiger partial charge in [-0.25, -0.2) is 4.57 Å². The number of hydrogen-bond acceptors (Lipinski definition) is 7. The zero-order valence-corrected chi connectivity index (χ0v) is 23.9. The van der Waals surface area contributed by atoms with E-state index >= 15 is 0 Å². The molecular weight excluding hydrogens is 481 g/mol. The van der Waals surface area contributed by atoms with Gasteiger partial charge in [0.05, 0.1) is 19.8 Å². The number of phosphoric ester groups is 1. The minimum atomic E-state index is -4.24. The summed E-state index contributed by atoms with van der Waals surface area (Å²) in [6.45, 7) is 4.76. The van der Waals surface area contributed by atoms with Crippen LogP contribution in [0.2, 0.25) is 0 Å². The Morgan fingerprint density at radius 2 is 1.42 bits per heavy atom. The molecule has 0 saturated carbocycles. The number of allylic oxidation sites excluding steroid dienone is 2. The predicted octanol–water partition coefficient (Wildman–Crippen LogP) is 6.84. The van der Waals surface area contributed by atoms with Gasteiger partial charge in [-0.05, 0) is 32.1 Å². The fraction of sp³-hybridized carbons (Fsp3) is 0.889. The summed E-state index contributed by atoms with van der Waals surface area (Å²) in [6.07, 6.45) is 21.1. The van der Waals surface area contributed by atoms with Crippen LogP contribution in [0.5, 0.6) is 0 Å². The van der Waals surface area contributed by atoms with Crippen molar-refractivity contribution < 1.29 is 32.8 Å². The van der Waals surface area contributed by atoms with Gasteiger partial charge in [0.25, 0.3) is 0 Å². The van der Waals surface area contributed by atoms with E-state index in [2.05, 4.69) is 26.0 Å². The molecule has 9 heteroatoms. The zero-order chi connectivity index (χ0) is 26.7. The number of esters is 1. The molecule has 3 N–H and O–H groups in total. The number of carbonyl (C=O) groups excluding carboxylic acids is 1. The summed E-state index contributed by atoms with van der Waals surface area (Å²) in [4.78, 5) is 21.9. The number of unbranched alkanes of at least 4 members (excludes halogenated alkanes) is 12. The van der Waals surface area contributed by atoms with Gasteiger partial charge < -0.3 is 20.1 Å². The maximum atomic E-state index is 12.2. The lowest BCUT2D eigenvalue weighted by atomic mass is 10.1. The second kappa shape index (κ2) is 25.9. The van der Waals surface area contributed by atoms with E-state index in [9.17, 15) is 14.3 Å². The topological polar surface area (TPSA) is 117 Å². The Bertz CT molecular complexity index is 574. The first kappa shape index (κ1) is 35.2. The van der Waals surface area contributed by atoms with E-state index in [0.717, 1.165) is 44.9 Å². The summed E-state index contributed by atoms with van der Waals surface area (Å²) < 4.78 is 32.8. The molecule has 2 unspecified atom stereocenters. The van der Waals surface area contributed by atoms with Crippen molar-refractivity contribution in [2.24, 2.45) is 5.73 Å². The van der Waals surface area contributed by atoms with Gasteiger partial charge in [0.1, 0.15) is 6.10 Å². The molecule has 214 valence electrons. The molecular formula is C27H54NO7P. The molecule has 0 radical (unpaired) electrons. The van der Waals surface area contributed by atoms with Crippen LogP contribution in [0.25, 0.3) is 0 Å². The van der Waals surface area contributed by atoms with E-state index < -0.39 is 13.9 Å². The lowest BCUT2D eigenvalue weighted by Gasteiger charge is -2.20. The molecule has 0 bridgehead atoms. The molecule has 0 aromatic rings. The van der Waals surface area contributed by atoms with Crippen LogP contribution in [0.15, 0.2) is 12.2 Å². The Labute approximate surface area is 220 Å². The SMILES string of the molecule is CCCC/C=C\CCCCCCCCOCC(COP(=O)(O)OCCN)OC(=O)CCCCCCC. The fourth-order valence-corrected chi connectivity index (χ4v) is 4.33. The molecule has 0 heterocycles. The summed E-state index contributed by atoms with van der Waals surface area (Å²) >= 11 is 0. The van der Waals surface area contributed by atoms with Gasteiger partial charge >= 0.3 is 13.8 Å². The summed E-state index contributed by atoms with van der Waals surface area (Å²) in [7, 11) is -4.24. The van der Waals surface area contributed by atoms with Crippen molar-refractivity contribution in [2.75, 3.05) is 33.0 Å². The molecule has 0 amide bonds. The molecule has 0 aliphatic carbocycles. The quantitative estimate of drug-likeness (QED) is 0.0508. The van der Waals surface area contributed by atoms with Crippen molar-refractivity contribution in [2.45, 2.75) is 123 Å². The highest BCUT2D eigenvalue weighted by Gasteiger charge is 2.25. The highest BCUT2D eigenvalue weighted by Crippen LogP contribution is 2.43. The Balaban J connectivity index is 4.13. The van der Waals surface area contributed by atoms with E-state index in [1.54, 1.807) is 0 Å². The van der Waals surface area contributed by atoms with Crippen molar-refractivity contribution in [3.8, 4) is 0 Å². The molecule has 0 fully saturated rings. The monoisotopic (exact) mass is 535 g/mol. The molecule has 2 atom stereocenters. The molecule has 0 spiro atoms. The van der Waals surface area contributed by atoms with Crippen molar-refractivity contribution in [3.05, 3.63) is 12.2 Å². The second-order valence-electron chi connectivity index (χ2n) is 9.26. The maximum Gasteiger partial charge on any atom is 0.472 e. The third-order valence-electron chi connectivity index (χ3n) is 5.68. The van der Waals surface area contributed by atoms with Crippen molar-refractivity contribution in [1.82, 2.24) is 0 Å². The summed E-state index contributed by atoms with van der Waals surface area (Å²) in [5, 5.41) is 0. The highest BCUT2D eigenvalue weighted by atomic mass is 31.2. The van der Waals surface area contributed by atoms with Crippen LogP contribution in [0, 0.1) is 0 Å². The minimum Gasteiger partial charge on any atom is -0.457 e. The number of phosphoric acid groups is 1. The van der Waals surface area contributed by atoms with Gasteiger partial charge in [0.15, 0.2) is 0 Å². The van der Waals surface area contributed by atoms with Gasteiger partial charge in [-0.15, -0.1) is 0 Å². The van der Waals surface area contributed by atoms with E-state index in [0.29, 0.717) is 13.0 Å². The Morgan fingerprint density at radius 1 is 0.806 bits per heavy atom. The third-order valence-corrected chi connectivity index (χ3v) is 6.67. The predicted molar refractivity (Wildman–Crippen MR) is 146 cm³/mol. The average Bonchev–Trinajstić information content (AvgIpc) is 2.86. The van der Waals surface area contributed by atoms with Gasteiger partial charge in [-0.2, -0.15) is 0 Å². The van der Waals surface area contributed by atoms with Crippen LogP contribution in [0.3, 0.4) is 0 Å². The van der Waals surface area contributed by atoms with Crippen molar-refractivity contribution in [3.63, 3.8) is 0 Å². The molecule has 36 heavy (non-hydrogen) atoms. The molecule has 0 aromatic heterocycles. The van der Waals surface area contributed by atoms with Gasteiger partial charge in [0, 0.05) is 19.6 Å². The normalized spacial score (nSPS) is 14.2. The van der Waals surface area contributed by atoms with E-state index in [4.69, 9.17) is 24.3 Å². The molecule has 0 saturated heterocycles. The van der Waals surface area contributed by atoms with E-state index in [-0.39, 0.29) is 32.3 Å². The summed E-state index contributed by atoms with van der Waals surface area (Å²) in [5.74, 6) is -0.348. The van der Waals surface area contributed by atoms with Crippen LogP contribution in [0.1, 0.15) is 117 Å². The second-order valence-corrected chi connectivity index (χ2v) is 10.7. The Hall–Kier alpha value is -0.760. The first-order valence-corrected chi connectivity index (χ1v) is 15.7.